The molecule has 0 unspecified atom stereocenters. The standard InChI is InChI=1S/C25H24N6O3/c1-33-21-13-16-7-10-27-24(32)18(16)14-19(21)28-25-29-22-17(8-11-26-22)23(30-25)31-20(9-12-34-31)15-5-3-2-4-6-15/h2-6,8,11,13-14,20H,7,9-10,12H2,1H3,(H,27,32)(H2,26,28,29,30)/t20-/m0/s1. The highest BCUT2D eigenvalue weighted by atomic mass is 16.7. The van der Waals surface area contributed by atoms with E-state index in [1.165, 1.54) is 5.56 Å². The SMILES string of the molecule is COc1cc2c(cc1Nc1nc(N3OCC[C@H]3c3ccccc3)c3cc[nH]c3n1)C(=O)NCC2. The monoisotopic (exact) mass is 456 g/mol. The fourth-order valence-corrected chi connectivity index (χ4v) is 4.64. The van der Waals surface area contributed by atoms with Crippen LogP contribution in [0.2, 0.25) is 0 Å². The number of carbonyl (C=O) groups excluding carboxylic acids is 1. The Morgan fingerprint density at radius 1 is 1.18 bits per heavy atom. The molecule has 1 amide bonds. The van der Waals surface area contributed by atoms with E-state index in [1.807, 2.05) is 41.6 Å². The van der Waals surface area contributed by atoms with Gasteiger partial charge in [0.15, 0.2) is 5.82 Å². The van der Waals surface area contributed by atoms with Gasteiger partial charge in [0.25, 0.3) is 5.91 Å². The third kappa shape index (κ3) is 3.50. The van der Waals surface area contributed by atoms with Crippen molar-refractivity contribution in [2.24, 2.45) is 0 Å². The second kappa shape index (κ2) is 8.35. The first-order valence-electron chi connectivity index (χ1n) is 11.3. The second-order valence-electron chi connectivity index (χ2n) is 8.33. The topological polar surface area (TPSA) is 104 Å². The van der Waals surface area contributed by atoms with Gasteiger partial charge in [0.1, 0.15) is 11.4 Å². The van der Waals surface area contributed by atoms with Crippen LogP contribution in [0.4, 0.5) is 17.5 Å². The summed E-state index contributed by atoms with van der Waals surface area (Å²) < 4.78 is 5.60. The molecule has 0 saturated carbocycles. The minimum Gasteiger partial charge on any atom is -0.495 e. The smallest absolute Gasteiger partial charge is 0.251 e. The fourth-order valence-electron chi connectivity index (χ4n) is 4.64. The van der Waals surface area contributed by atoms with E-state index in [9.17, 15) is 4.79 Å². The third-order valence-corrected chi connectivity index (χ3v) is 6.29. The van der Waals surface area contributed by atoms with Gasteiger partial charge in [0.2, 0.25) is 5.95 Å². The normalized spacial score (nSPS) is 17.5. The van der Waals surface area contributed by atoms with Gasteiger partial charge in [-0.1, -0.05) is 30.3 Å². The lowest BCUT2D eigenvalue weighted by molar-refractivity contribution is 0.0946. The molecule has 4 heterocycles. The van der Waals surface area contributed by atoms with Crippen molar-refractivity contribution in [3.8, 4) is 5.75 Å². The Bertz CT molecular complexity index is 1370. The number of fused-ring (bicyclic) bond motifs is 2. The zero-order valence-corrected chi connectivity index (χ0v) is 18.7. The molecule has 2 aromatic heterocycles. The van der Waals surface area contributed by atoms with Crippen LogP contribution < -0.4 is 20.4 Å². The predicted octanol–water partition coefficient (Wildman–Crippen LogP) is 3.88. The van der Waals surface area contributed by atoms with Crippen molar-refractivity contribution in [2.45, 2.75) is 18.9 Å². The molecular formula is C25H24N6O3. The molecule has 6 rings (SSSR count). The summed E-state index contributed by atoms with van der Waals surface area (Å²) in [4.78, 5) is 31.1. The Balaban J connectivity index is 1.41. The summed E-state index contributed by atoms with van der Waals surface area (Å²) in [5.41, 5.74) is 4.06. The summed E-state index contributed by atoms with van der Waals surface area (Å²) in [5, 5.41) is 8.89. The molecule has 0 radical (unpaired) electrons. The van der Waals surface area contributed by atoms with Gasteiger partial charge in [-0.2, -0.15) is 9.97 Å². The molecule has 172 valence electrons. The zero-order valence-electron chi connectivity index (χ0n) is 18.7. The molecule has 1 fully saturated rings. The molecule has 4 aromatic rings. The molecule has 1 saturated heterocycles. The van der Waals surface area contributed by atoms with Gasteiger partial charge in [-0.05, 0) is 35.7 Å². The molecule has 9 heteroatoms. The Kier molecular flexibility index (Phi) is 5.03. The summed E-state index contributed by atoms with van der Waals surface area (Å²) in [7, 11) is 1.61. The summed E-state index contributed by atoms with van der Waals surface area (Å²) in [6, 6.07) is 16.0. The summed E-state index contributed by atoms with van der Waals surface area (Å²) in [6.45, 7) is 1.22. The number of hydrogen-bond acceptors (Lipinski definition) is 7. The molecule has 2 aliphatic heterocycles. The number of benzene rings is 2. The van der Waals surface area contributed by atoms with Crippen molar-refractivity contribution in [2.75, 3.05) is 30.6 Å². The minimum atomic E-state index is -0.0930. The van der Waals surface area contributed by atoms with Crippen LogP contribution >= 0.6 is 0 Å². The van der Waals surface area contributed by atoms with E-state index >= 15 is 0 Å². The summed E-state index contributed by atoms with van der Waals surface area (Å²) >= 11 is 0. The van der Waals surface area contributed by atoms with Crippen molar-refractivity contribution in [3.63, 3.8) is 0 Å². The van der Waals surface area contributed by atoms with E-state index in [0.717, 1.165) is 23.8 Å². The number of anilines is 3. The maximum Gasteiger partial charge on any atom is 0.251 e. The van der Waals surface area contributed by atoms with Crippen molar-refractivity contribution in [1.29, 1.82) is 0 Å². The highest BCUT2D eigenvalue weighted by molar-refractivity contribution is 5.98. The van der Waals surface area contributed by atoms with E-state index in [0.29, 0.717) is 47.6 Å². The second-order valence-corrected chi connectivity index (χ2v) is 8.33. The average molecular weight is 457 g/mol. The fraction of sp³-hybridized carbons (Fsp3) is 0.240. The van der Waals surface area contributed by atoms with Crippen LogP contribution in [-0.4, -0.2) is 41.1 Å². The van der Waals surface area contributed by atoms with Crippen molar-refractivity contribution >= 4 is 34.4 Å². The van der Waals surface area contributed by atoms with Crippen LogP contribution in [0.3, 0.4) is 0 Å². The lowest BCUT2D eigenvalue weighted by atomic mass is 9.99. The number of hydroxylamine groups is 1. The molecule has 3 N–H and O–H groups in total. The quantitative estimate of drug-likeness (QED) is 0.419. The van der Waals surface area contributed by atoms with Gasteiger partial charge in [-0.3, -0.25) is 9.63 Å². The molecule has 0 spiro atoms. The van der Waals surface area contributed by atoms with Gasteiger partial charge in [-0.15, -0.1) is 0 Å². The number of methoxy groups -OCH3 is 1. The molecule has 2 aliphatic rings. The Morgan fingerprint density at radius 2 is 2.06 bits per heavy atom. The number of rotatable bonds is 5. The Labute approximate surface area is 196 Å². The summed E-state index contributed by atoms with van der Waals surface area (Å²) in [6.07, 6.45) is 3.46. The third-order valence-electron chi connectivity index (χ3n) is 6.29. The van der Waals surface area contributed by atoms with Gasteiger partial charge >= 0.3 is 0 Å². The molecule has 1 atom stereocenters. The first kappa shape index (κ1) is 20.5. The largest absolute Gasteiger partial charge is 0.495 e. The molecule has 2 aromatic carbocycles. The Hall–Kier alpha value is -4.11. The van der Waals surface area contributed by atoms with Gasteiger partial charge in [-0.25, -0.2) is 5.06 Å². The van der Waals surface area contributed by atoms with Gasteiger partial charge in [0.05, 0.1) is 30.8 Å². The zero-order chi connectivity index (χ0) is 23.1. The van der Waals surface area contributed by atoms with Crippen LogP contribution in [-0.2, 0) is 11.3 Å². The number of nitrogens with zero attached hydrogens (tertiary/aromatic N) is 3. The number of nitrogens with one attached hydrogen (secondary N) is 3. The van der Waals surface area contributed by atoms with E-state index in [1.54, 1.807) is 13.2 Å². The van der Waals surface area contributed by atoms with Crippen molar-refractivity contribution < 1.29 is 14.4 Å². The molecule has 9 nitrogen and oxygen atoms in total. The molecule has 0 aliphatic carbocycles. The summed E-state index contributed by atoms with van der Waals surface area (Å²) in [5.74, 6) is 1.59. The lowest BCUT2D eigenvalue weighted by Gasteiger charge is -2.25. The maximum absolute atomic E-state index is 12.4. The van der Waals surface area contributed by atoms with Crippen molar-refractivity contribution in [1.82, 2.24) is 20.3 Å². The van der Waals surface area contributed by atoms with E-state index in [4.69, 9.17) is 14.6 Å². The minimum absolute atomic E-state index is 0.0454. The van der Waals surface area contributed by atoms with Gasteiger partial charge in [0, 0.05) is 24.7 Å². The number of carbonyl (C=O) groups is 1. The van der Waals surface area contributed by atoms with Crippen LogP contribution in [0.1, 0.15) is 33.9 Å². The number of aromatic nitrogens is 3. The maximum atomic E-state index is 12.4. The molecular weight excluding hydrogens is 432 g/mol. The molecule has 0 bridgehead atoms. The van der Waals surface area contributed by atoms with Crippen LogP contribution in [0.25, 0.3) is 11.0 Å². The van der Waals surface area contributed by atoms with Crippen LogP contribution in [0.15, 0.2) is 54.7 Å². The molecule has 34 heavy (non-hydrogen) atoms. The highest BCUT2D eigenvalue weighted by Crippen LogP contribution is 2.38. The van der Waals surface area contributed by atoms with Gasteiger partial charge < -0.3 is 20.4 Å². The number of hydrogen-bond donors (Lipinski definition) is 3. The van der Waals surface area contributed by atoms with E-state index in [2.05, 4.69) is 32.7 Å². The lowest BCUT2D eigenvalue weighted by Crippen LogP contribution is -2.31. The van der Waals surface area contributed by atoms with Crippen LogP contribution in [0.5, 0.6) is 5.75 Å². The number of H-pyrrole nitrogens is 1. The van der Waals surface area contributed by atoms with Crippen LogP contribution in [0, 0.1) is 0 Å². The predicted molar refractivity (Wildman–Crippen MR) is 128 cm³/mol. The highest BCUT2D eigenvalue weighted by Gasteiger charge is 2.31. The first-order valence-corrected chi connectivity index (χ1v) is 11.3. The Morgan fingerprint density at radius 3 is 2.91 bits per heavy atom. The van der Waals surface area contributed by atoms with E-state index < -0.39 is 0 Å². The number of ether oxygens (including phenoxy) is 1. The number of aromatic amines is 1. The first-order chi connectivity index (χ1) is 16.7. The number of amides is 1. The van der Waals surface area contributed by atoms with E-state index in [-0.39, 0.29) is 11.9 Å². The average Bonchev–Trinajstić information content (AvgIpc) is 3.54. The van der Waals surface area contributed by atoms with Crippen molar-refractivity contribution in [3.05, 3.63) is 71.4 Å².